The van der Waals surface area contributed by atoms with E-state index in [1.54, 1.807) is 32.5 Å². The summed E-state index contributed by atoms with van der Waals surface area (Å²) < 4.78 is 0. The number of pyridine rings is 1. The monoisotopic (exact) mass is 260 g/mol. The maximum atomic E-state index is 12.0. The van der Waals surface area contributed by atoms with Crippen LogP contribution in [0.5, 0.6) is 0 Å². The quantitative estimate of drug-likeness (QED) is 0.719. The molecule has 1 aromatic heterocycles. The first-order valence-electron chi connectivity index (χ1n) is 5.48. The lowest BCUT2D eigenvalue weighted by atomic mass is 10.2. The molecule has 0 unspecified atom stereocenters. The third-order valence-electron chi connectivity index (χ3n) is 2.34. The largest absolute Gasteiger partial charge is 0.345 e. The van der Waals surface area contributed by atoms with Crippen LogP contribution >= 0.6 is 0 Å². The summed E-state index contributed by atoms with van der Waals surface area (Å²) in [6.07, 6.45) is 4.11. The van der Waals surface area contributed by atoms with E-state index in [9.17, 15) is 14.4 Å². The number of hydrogen-bond acceptors (Lipinski definition) is 4. The highest BCUT2D eigenvalue weighted by atomic mass is 16.2. The number of aromatic nitrogens is 1. The topological polar surface area (TPSA) is 70.6 Å². The van der Waals surface area contributed by atoms with E-state index in [1.807, 2.05) is 0 Å². The van der Waals surface area contributed by atoms with Gasteiger partial charge in [-0.1, -0.05) is 6.58 Å². The Morgan fingerprint density at radius 3 is 2.68 bits per heavy atom. The van der Waals surface area contributed by atoms with Gasteiger partial charge in [0.05, 0.1) is 12.1 Å². The third-order valence-corrected chi connectivity index (χ3v) is 2.34. The first kappa shape index (κ1) is 14.6. The SMILES string of the molecule is C=CC(=O)N(C[C]=O)c1ncccc1C(=O)N(C)C. The molecule has 0 aromatic carbocycles. The van der Waals surface area contributed by atoms with Crippen molar-refractivity contribution in [3.8, 4) is 0 Å². The number of carbonyl (C=O) groups is 2. The molecular weight excluding hydrogens is 246 g/mol. The average molecular weight is 260 g/mol. The van der Waals surface area contributed by atoms with Crippen molar-refractivity contribution in [1.29, 1.82) is 0 Å². The highest BCUT2D eigenvalue weighted by molar-refractivity contribution is 6.07. The fraction of sp³-hybridized carbons (Fsp3) is 0.231. The highest BCUT2D eigenvalue weighted by Gasteiger charge is 2.22. The van der Waals surface area contributed by atoms with E-state index < -0.39 is 5.91 Å². The van der Waals surface area contributed by atoms with Crippen molar-refractivity contribution < 1.29 is 14.4 Å². The van der Waals surface area contributed by atoms with E-state index >= 15 is 0 Å². The van der Waals surface area contributed by atoms with Crippen LogP contribution in [-0.4, -0.2) is 48.6 Å². The Balaban J connectivity index is 3.30. The summed E-state index contributed by atoms with van der Waals surface area (Å²) in [5.41, 5.74) is 0.234. The zero-order chi connectivity index (χ0) is 14.4. The summed E-state index contributed by atoms with van der Waals surface area (Å²) in [7, 11) is 3.18. The van der Waals surface area contributed by atoms with Gasteiger partial charge in [-0.15, -0.1) is 0 Å². The summed E-state index contributed by atoms with van der Waals surface area (Å²) in [6.45, 7) is 3.04. The molecule has 1 aromatic rings. The van der Waals surface area contributed by atoms with Crippen LogP contribution in [0.15, 0.2) is 31.0 Å². The normalized spacial score (nSPS) is 9.58. The van der Waals surface area contributed by atoms with Crippen LogP contribution in [0.2, 0.25) is 0 Å². The molecule has 1 rings (SSSR count). The van der Waals surface area contributed by atoms with Gasteiger partial charge in [0, 0.05) is 20.3 Å². The Morgan fingerprint density at radius 2 is 2.16 bits per heavy atom. The molecule has 0 bridgehead atoms. The maximum Gasteiger partial charge on any atom is 0.257 e. The van der Waals surface area contributed by atoms with Gasteiger partial charge in [0.2, 0.25) is 6.29 Å². The molecule has 6 nitrogen and oxygen atoms in total. The zero-order valence-electron chi connectivity index (χ0n) is 10.8. The summed E-state index contributed by atoms with van der Waals surface area (Å²) >= 11 is 0. The van der Waals surface area contributed by atoms with Gasteiger partial charge in [-0.3, -0.25) is 19.3 Å². The second kappa shape index (κ2) is 6.44. The molecule has 0 fully saturated rings. The Morgan fingerprint density at radius 1 is 1.47 bits per heavy atom. The lowest BCUT2D eigenvalue weighted by Gasteiger charge is -2.21. The van der Waals surface area contributed by atoms with E-state index in [0.29, 0.717) is 0 Å². The highest BCUT2D eigenvalue weighted by Crippen LogP contribution is 2.18. The van der Waals surface area contributed by atoms with Gasteiger partial charge in [-0.05, 0) is 18.2 Å². The average Bonchev–Trinajstić information content (AvgIpc) is 2.43. The fourth-order valence-corrected chi connectivity index (χ4v) is 1.45. The van der Waals surface area contributed by atoms with Crippen LogP contribution < -0.4 is 4.90 Å². The molecule has 0 spiro atoms. The van der Waals surface area contributed by atoms with Crippen molar-refractivity contribution in [2.24, 2.45) is 0 Å². The number of amides is 2. The molecule has 1 heterocycles. The van der Waals surface area contributed by atoms with Crippen molar-refractivity contribution in [2.75, 3.05) is 25.5 Å². The van der Waals surface area contributed by atoms with Gasteiger partial charge >= 0.3 is 0 Å². The number of hydrogen-bond donors (Lipinski definition) is 0. The Labute approximate surface area is 111 Å². The summed E-state index contributed by atoms with van der Waals surface area (Å²) in [5, 5.41) is 0. The molecule has 1 radical (unpaired) electrons. The van der Waals surface area contributed by atoms with E-state index in [1.165, 1.54) is 11.1 Å². The minimum Gasteiger partial charge on any atom is -0.345 e. The smallest absolute Gasteiger partial charge is 0.257 e. The zero-order valence-corrected chi connectivity index (χ0v) is 10.8. The van der Waals surface area contributed by atoms with Crippen molar-refractivity contribution in [3.63, 3.8) is 0 Å². The molecule has 0 atom stereocenters. The molecule has 0 aliphatic rings. The molecular formula is C13H14N3O3. The minimum absolute atomic E-state index is 0.120. The first-order chi connectivity index (χ1) is 9.02. The van der Waals surface area contributed by atoms with Crippen LogP contribution in [0.25, 0.3) is 0 Å². The van der Waals surface area contributed by atoms with Gasteiger partial charge in [0.25, 0.3) is 11.8 Å². The van der Waals surface area contributed by atoms with Crippen molar-refractivity contribution in [2.45, 2.75) is 0 Å². The number of carbonyl (C=O) groups excluding carboxylic acids is 3. The van der Waals surface area contributed by atoms with Crippen LogP contribution in [0.3, 0.4) is 0 Å². The summed E-state index contributed by atoms with van der Waals surface area (Å²) in [6, 6.07) is 3.13. The minimum atomic E-state index is -0.519. The molecule has 0 aliphatic carbocycles. The Kier molecular flexibility index (Phi) is 4.93. The van der Waals surface area contributed by atoms with E-state index in [0.717, 1.165) is 11.0 Å². The molecule has 2 amide bonds. The lowest BCUT2D eigenvalue weighted by molar-refractivity contribution is -0.114. The standard InChI is InChI=1S/C13H14N3O3/c1-4-11(18)16(8-9-17)12-10(6-5-7-14-12)13(19)15(2)3/h4-7H,1,8H2,2-3H3. The fourth-order valence-electron chi connectivity index (χ4n) is 1.45. The Hall–Kier alpha value is -2.50. The van der Waals surface area contributed by atoms with E-state index in [2.05, 4.69) is 11.6 Å². The molecule has 99 valence electrons. The number of nitrogens with zero attached hydrogens (tertiary/aromatic N) is 3. The van der Waals surface area contributed by atoms with Gasteiger partial charge in [0.1, 0.15) is 5.82 Å². The molecule has 6 heteroatoms. The van der Waals surface area contributed by atoms with Crippen LogP contribution in [0.4, 0.5) is 5.82 Å². The molecule has 0 aliphatic heterocycles. The van der Waals surface area contributed by atoms with E-state index in [4.69, 9.17) is 0 Å². The number of anilines is 1. The van der Waals surface area contributed by atoms with Crippen LogP contribution in [0.1, 0.15) is 10.4 Å². The predicted octanol–water partition coefficient (Wildman–Crippen LogP) is 0.412. The van der Waals surface area contributed by atoms with Crippen molar-refractivity contribution >= 4 is 23.9 Å². The van der Waals surface area contributed by atoms with Crippen molar-refractivity contribution in [3.05, 3.63) is 36.5 Å². The second-order valence-corrected chi connectivity index (χ2v) is 3.85. The van der Waals surface area contributed by atoms with Gasteiger partial charge < -0.3 is 4.90 Å². The molecule has 0 saturated carbocycles. The molecule has 0 saturated heterocycles. The van der Waals surface area contributed by atoms with Gasteiger partial charge in [-0.25, -0.2) is 4.98 Å². The third kappa shape index (κ3) is 3.25. The van der Waals surface area contributed by atoms with Crippen LogP contribution in [0, 0.1) is 0 Å². The van der Waals surface area contributed by atoms with Gasteiger partial charge in [-0.2, -0.15) is 0 Å². The first-order valence-corrected chi connectivity index (χ1v) is 5.48. The van der Waals surface area contributed by atoms with Gasteiger partial charge in [0.15, 0.2) is 0 Å². The van der Waals surface area contributed by atoms with E-state index in [-0.39, 0.29) is 23.8 Å². The number of rotatable bonds is 5. The molecule has 19 heavy (non-hydrogen) atoms. The Bertz CT molecular complexity index is 512. The summed E-state index contributed by atoms with van der Waals surface area (Å²) in [5.74, 6) is -0.708. The lowest BCUT2D eigenvalue weighted by Crippen LogP contribution is -2.34. The second-order valence-electron chi connectivity index (χ2n) is 3.85. The molecule has 0 N–H and O–H groups in total. The summed E-state index contributed by atoms with van der Waals surface area (Å²) in [4.78, 5) is 40.7. The van der Waals surface area contributed by atoms with Crippen LogP contribution in [-0.2, 0) is 9.59 Å². The van der Waals surface area contributed by atoms with Crippen molar-refractivity contribution in [1.82, 2.24) is 9.88 Å². The maximum absolute atomic E-state index is 12.0. The predicted molar refractivity (Wildman–Crippen MR) is 70.5 cm³/mol.